The molecule has 0 atom stereocenters. The Kier molecular flexibility index (Phi) is 3.87. The molecule has 2 aromatic carbocycles. The molecular formula is C21H20. The number of benzene rings is 2. The molecule has 104 valence electrons. The summed E-state index contributed by atoms with van der Waals surface area (Å²) in [5.41, 5.74) is 3.89. The van der Waals surface area contributed by atoms with E-state index in [1.165, 1.54) is 16.7 Å². The van der Waals surface area contributed by atoms with Gasteiger partial charge in [-0.3, -0.25) is 0 Å². The fraction of sp³-hybridized carbons (Fsp3) is 0.143. The van der Waals surface area contributed by atoms with E-state index in [1.54, 1.807) is 0 Å². The molecule has 0 saturated heterocycles. The molecular weight excluding hydrogens is 252 g/mol. The normalized spacial score (nSPS) is 14.6. The van der Waals surface area contributed by atoms with Crippen molar-refractivity contribution in [3.05, 3.63) is 108 Å². The van der Waals surface area contributed by atoms with Crippen LogP contribution in [-0.2, 0) is 5.41 Å². The standard InChI is InChI=1S/C21H20/c1-21(19-14-8-4-9-15-19,20-16-10-5-11-17-20)18-12-6-2-3-7-13-18/h2-6,8-17H,7H2,1H3. The molecule has 3 rings (SSSR count). The van der Waals surface area contributed by atoms with Gasteiger partial charge in [0, 0.05) is 5.41 Å². The van der Waals surface area contributed by atoms with E-state index in [-0.39, 0.29) is 5.41 Å². The van der Waals surface area contributed by atoms with Gasteiger partial charge in [-0.1, -0.05) is 91.0 Å². The van der Waals surface area contributed by atoms with Crippen molar-refractivity contribution in [1.29, 1.82) is 0 Å². The van der Waals surface area contributed by atoms with Gasteiger partial charge in [0.15, 0.2) is 0 Å². The van der Waals surface area contributed by atoms with Crippen molar-refractivity contribution in [1.82, 2.24) is 0 Å². The monoisotopic (exact) mass is 272 g/mol. The summed E-state index contributed by atoms with van der Waals surface area (Å²) in [7, 11) is 0. The van der Waals surface area contributed by atoms with Gasteiger partial charge in [-0.05, 0) is 30.0 Å². The largest absolute Gasteiger partial charge is 0.0807 e. The predicted molar refractivity (Wildman–Crippen MR) is 90.3 cm³/mol. The highest BCUT2D eigenvalue weighted by Crippen LogP contribution is 2.40. The van der Waals surface area contributed by atoms with Crippen molar-refractivity contribution in [2.45, 2.75) is 18.8 Å². The molecule has 0 spiro atoms. The molecule has 0 aliphatic heterocycles. The third-order valence-electron chi connectivity index (χ3n) is 4.28. The summed E-state index contributed by atoms with van der Waals surface area (Å²) in [6.45, 7) is 2.32. The molecule has 0 amide bonds. The van der Waals surface area contributed by atoms with E-state index in [1.807, 2.05) is 0 Å². The van der Waals surface area contributed by atoms with Crippen LogP contribution in [0.25, 0.3) is 0 Å². The van der Waals surface area contributed by atoms with Crippen molar-refractivity contribution in [2.75, 3.05) is 0 Å². The van der Waals surface area contributed by atoms with E-state index in [0.29, 0.717) is 0 Å². The van der Waals surface area contributed by atoms with Gasteiger partial charge in [0.25, 0.3) is 0 Å². The van der Waals surface area contributed by atoms with Gasteiger partial charge in [-0.15, -0.1) is 0 Å². The lowest BCUT2D eigenvalue weighted by atomic mass is 9.70. The molecule has 0 saturated carbocycles. The van der Waals surface area contributed by atoms with Gasteiger partial charge in [0.1, 0.15) is 0 Å². The Bertz CT molecular complexity index is 633. The van der Waals surface area contributed by atoms with Crippen molar-refractivity contribution in [3.63, 3.8) is 0 Å². The summed E-state index contributed by atoms with van der Waals surface area (Å²) >= 11 is 0. The van der Waals surface area contributed by atoms with Crippen molar-refractivity contribution < 1.29 is 0 Å². The lowest BCUT2D eigenvalue weighted by Crippen LogP contribution is -2.25. The van der Waals surface area contributed by atoms with Gasteiger partial charge >= 0.3 is 0 Å². The van der Waals surface area contributed by atoms with Crippen LogP contribution in [0.4, 0.5) is 0 Å². The van der Waals surface area contributed by atoms with Gasteiger partial charge < -0.3 is 0 Å². The maximum absolute atomic E-state index is 2.33. The molecule has 2 aromatic rings. The summed E-state index contributed by atoms with van der Waals surface area (Å²) in [5, 5.41) is 0. The molecule has 0 heteroatoms. The summed E-state index contributed by atoms with van der Waals surface area (Å²) in [6, 6.07) is 21.5. The Morgan fingerprint density at radius 3 is 1.90 bits per heavy atom. The molecule has 0 fully saturated rings. The van der Waals surface area contributed by atoms with Crippen LogP contribution in [0.15, 0.2) is 96.6 Å². The first-order valence-corrected chi connectivity index (χ1v) is 7.47. The van der Waals surface area contributed by atoms with Gasteiger partial charge in [0.2, 0.25) is 0 Å². The molecule has 1 aliphatic carbocycles. The quantitative estimate of drug-likeness (QED) is 0.698. The molecule has 0 nitrogen and oxygen atoms in total. The van der Waals surface area contributed by atoms with Gasteiger partial charge in [-0.25, -0.2) is 0 Å². The van der Waals surface area contributed by atoms with Crippen LogP contribution < -0.4 is 0 Å². The minimum Gasteiger partial charge on any atom is -0.0807 e. The number of hydrogen-bond acceptors (Lipinski definition) is 0. The molecule has 0 aromatic heterocycles. The van der Waals surface area contributed by atoms with Crippen LogP contribution >= 0.6 is 0 Å². The van der Waals surface area contributed by atoms with E-state index < -0.39 is 0 Å². The van der Waals surface area contributed by atoms with Crippen LogP contribution in [0.2, 0.25) is 0 Å². The maximum atomic E-state index is 2.33. The second-order valence-corrected chi connectivity index (χ2v) is 5.54. The number of rotatable bonds is 3. The first kappa shape index (κ1) is 13.6. The highest BCUT2D eigenvalue weighted by atomic mass is 14.3. The summed E-state index contributed by atoms with van der Waals surface area (Å²) in [4.78, 5) is 0. The highest BCUT2D eigenvalue weighted by Gasteiger charge is 2.31. The van der Waals surface area contributed by atoms with E-state index >= 15 is 0 Å². The molecule has 0 bridgehead atoms. The summed E-state index contributed by atoms with van der Waals surface area (Å²) in [5.74, 6) is 0. The number of allylic oxidation sites excluding steroid dienone is 6. The maximum Gasteiger partial charge on any atom is 0.0420 e. The van der Waals surface area contributed by atoms with Crippen LogP contribution in [-0.4, -0.2) is 0 Å². The first-order valence-electron chi connectivity index (χ1n) is 7.47. The van der Waals surface area contributed by atoms with Crippen molar-refractivity contribution >= 4 is 0 Å². The summed E-state index contributed by atoms with van der Waals surface area (Å²) in [6.07, 6.45) is 12.0. The van der Waals surface area contributed by atoms with Crippen LogP contribution in [0.3, 0.4) is 0 Å². The van der Waals surface area contributed by atoms with Crippen molar-refractivity contribution in [3.8, 4) is 0 Å². The summed E-state index contributed by atoms with van der Waals surface area (Å²) < 4.78 is 0. The Balaban J connectivity index is 2.18. The second-order valence-electron chi connectivity index (χ2n) is 5.54. The van der Waals surface area contributed by atoms with Crippen molar-refractivity contribution in [2.24, 2.45) is 0 Å². The van der Waals surface area contributed by atoms with Gasteiger partial charge in [-0.2, -0.15) is 0 Å². The fourth-order valence-corrected chi connectivity index (χ4v) is 2.99. The Morgan fingerprint density at radius 1 is 0.762 bits per heavy atom. The Labute approximate surface area is 127 Å². The average molecular weight is 272 g/mol. The lowest BCUT2D eigenvalue weighted by Gasteiger charge is -2.33. The van der Waals surface area contributed by atoms with Crippen LogP contribution in [0, 0.1) is 0 Å². The smallest absolute Gasteiger partial charge is 0.0420 e. The SMILES string of the molecule is CC(C1=CCC=CC=C1)(c1ccccc1)c1ccccc1. The zero-order chi connectivity index (χ0) is 14.5. The molecule has 0 N–H and O–H groups in total. The predicted octanol–water partition coefficient (Wildman–Crippen LogP) is 5.44. The third kappa shape index (κ3) is 2.62. The molecule has 0 heterocycles. The molecule has 0 unspecified atom stereocenters. The van der Waals surface area contributed by atoms with E-state index in [4.69, 9.17) is 0 Å². The van der Waals surface area contributed by atoms with Crippen LogP contribution in [0.1, 0.15) is 24.5 Å². The van der Waals surface area contributed by atoms with Crippen LogP contribution in [0.5, 0.6) is 0 Å². The molecule has 21 heavy (non-hydrogen) atoms. The Morgan fingerprint density at radius 2 is 1.33 bits per heavy atom. The van der Waals surface area contributed by atoms with E-state index in [2.05, 4.69) is 98.0 Å². The zero-order valence-corrected chi connectivity index (χ0v) is 12.4. The highest BCUT2D eigenvalue weighted by molar-refractivity contribution is 5.52. The van der Waals surface area contributed by atoms with E-state index in [9.17, 15) is 0 Å². The zero-order valence-electron chi connectivity index (χ0n) is 12.4. The average Bonchev–Trinajstić information content (AvgIpc) is 2.85. The third-order valence-corrected chi connectivity index (χ3v) is 4.28. The minimum atomic E-state index is -0.120. The number of hydrogen-bond donors (Lipinski definition) is 0. The first-order chi connectivity index (χ1) is 10.3. The van der Waals surface area contributed by atoms with E-state index in [0.717, 1.165) is 6.42 Å². The molecule has 1 aliphatic rings. The Hall–Kier alpha value is -2.34. The topological polar surface area (TPSA) is 0 Å². The molecule has 0 radical (unpaired) electrons. The second kappa shape index (κ2) is 5.97. The minimum absolute atomic E-state index is 0.120. The lowest BCUT2D eigenvalue weighted by molar-refractivity contribution is 0.688. The van der Waals surface area contributed by atoms with Gasteiger partial charge in [0.05, 0.1) is 0 Å². The fourth-order valence-electron chi connectivity index (χ4n) is 2.99.